The molecule has 0 spiro atoms. The van der Waals surface area contributed by atoms with Crippen LogP contribution in [0.1, 0.15) is 22.8 Å². The highest BCUT2D eigenvalue weighted by molar-refractivity contribution is 8.26. The number of nitrogens with zero attached hydrogens (tertiary/aromatic N) is 2. The number of para-hydroxylation sites is 1. The van der Waals surface area contributed by atoms with E-state index >= 15 is 0 Å². The van der Waals surface area contributed by atoms with E-state index in [2.05, 4.69) is 5.43 Å². The smallest absolute Gasteiger partial charge is 0.285 e. The first-order valence-electron chi connectivity index (χ1n) is 8.60. The second-order valence-electron chi connectivity index (χ2n) is 5.89. The minimum absolute atomic E-state index is 0.0294. The topological polar surface area (TPSA) is 122 Å². The lowest BCUT2D eigenvalue weighted by atomic mass is 10.1. The summed E-state index contributed by atoms with van der Waals surface area (Å²) in [4.78, 5) is 35.9. The molecule has 0 bridgehead atoms. The number of thiocarbonyl (C=S) groups is 1. The molecule has 0 aliphatic carbocycles. The lowest BCUT2D eigenvalue weighted by Gasteiger charge is -2.15. The molecule has 2 N–H and O–H groups in total. The number of rotatable bonds is 6. The molecule has 1 aliphatic rings. The summed E-state index contributed by atoms with van der Waals surface area (Å²) in [6.45, 7) is 2.13. The van der Waals surface area contributed by atoms with Crippen molar-refractivity contribution in [1.82, 2.24) is 10.4 Å². The van der Waals surface area contributed by atoms with E-state index in [0.717, 1.165) is 16.8 Å². The maximum absolute atomic E-state index is 12.7. The summed E-state index contributed by atoms with van der Waals surface area (Å²) in [6, 6.07) is 9.99. The average molecular weight is 445 g/mol. The van der Waals surface area contributed by atoms with Gasteiger partial charge in [0.2, 0.25) is 0 Å². The Morgan fingerprint density at radius 2 is 2.10 bits per heavy atom. The number of ether oxygens (including phenoxy) is 1. The highest BCUT2D eigenvalue weighted by Gasteiger charge is 2.34. The first-order valence-corrected chi connectivity index (χ1v) is 9.82. The first-order chi connectivity index (χ1) is 14.3. The van der Waals surface area contributed by atoms with Gasteiger partial charge in [-0.15, -0.1) is 0 Å². The van der Waals surface area contributed by atoms with E-state index in [1.54, 1.807) is 25.1 Å². The maximum atomic E-state index is 12.7. The third-order valence-electron chi connectivity index (χ3n) is 3.93. The largest absolute Gasteiger partial charge is 0.504 e. The molecule has 0 unspecified atom stereocenters. The minimum atomic E-state index is -0.830. The first kappa shape index (κ1) is 21.3. The van der Waals surface area contributed by atoms with E-state index in [-0.39, 0.29) is 32.0 Å². The fourth-order valence-corrected chi connectivity index (χ4v) is 3.77. The fourth-order valence-electron chi connectivity index (χ4n) is 2.59. The van der Waals surface area contributed by atoms with E-state index in [0.29, 0.717) is 12.2 Å². The molecule has 9 nitrogen and oxygen atoms in total. The third-order valence-corrected chi connectivity index (χ3v) is 5.24. The normalized spacial score (nSPS) is 14.8. The van der Waals surface area contributed by atoms with Gasteiger partial charge in [-0.3, -0.25) is 25.1 Å². The lowest BCUT2D eigenvalue weighted by Crippen LogP contribution is -2.45. The van der Waals surface area contributed by atoms with Gasteiger partial charge in [0.25, 0.3) is 17.5 Å². The maximum Gasteiger partial charge on any atom is 0.285 e. The number of hydrogen-bond donors (Lipinski definition) is 2. The van der Waals surface area contributed by atoms with Crippen LogP contribution in [0.2, 0.25) is 0 Å². The van der Waals surface area contributed by atoms with Crippen molar-refractivity contribution in [3.05, 3.63) is 68.6 Å². The molecule has 0 radical (unpaired) electrons. The third kappa shape index (κ3) is 4.42. The number of phenolic OH excluding ortho intramolecular Hbond substituents is 1. The molecule has 0 atom stereocenters. The lowest BCUT2D eigenvalue weighted by molar-refractivity contribution is -0.385. The molecular formula is C19H15N3O6S2. The Balaban J connectivity index is 1.82. The summed E-state index contributed by atoms with van der Waals surface area (Å²) in [7, 11) is 0. The standard InChI is InChI=1S/C19H15N3O6S2/c1-2-28-15-9-11(7-8-14(15)23)10-16-18(25)21(19(29)30-16)20-17(24)12-5-3-4-6-13(12)22(26)27/h3-10,23H,2H2,1H3,(H,20,24). The minimum Gasteiger partial charge on any atom is -0.504 e. The van der Waals surface area contributed by atoms with Gasteiger partial charge in [-0.1, -0.05) is 30.0 Å². The number of amides is 2. The number of aromatic hydroxyl groups is 1. The fraction of sp³-hybridized carbons (Fsp3) is 0.105. The molecule has 3 rings (SSSR count). The van der Waals surface area contributed by atoms with Gasteiger partial charge in [0.05, 0.1) is 16.4 Å². The Morgan fingerprint density at radius 3 is 2.80 bits per heavy atom. The Kier molecular flexibility index (Phi) is 6.33. The zero-order valence-electron chi connectivity index (χ0n) is 15.5. The van der Waals surface area contributed by atoms with Crippen LogP contribution in [-0.2, 0) is 4.79 Å². The number of carbonyl (C=O) groups excluding carboxylic acids is 2. The molecule has 2 aromatic rings. The number of nitrogens with one attached hydrogen (secondary N) is 1. The Morgan fingerprint density at radius 1 is 1.37 bits per heavy atom. The van der Waals surface area contributed by atoms with Crippen LogP contribution >= 0.6 is 24.0 Å². The van der Waals surface area contributed by atoms with Crippen molar-refractivity contribution in [1.29, 1.82) is 0 Å². The van der Waals surface area contributed by atoms with Gasteiger partial charge in [-0.05, 0) is 49.0 Å². The van der Waals surface area contributed by atoms with Crippen molar-refractivity contribution in [3.8, 4) is 11.5 Å². The summed E-state index contributed by atoms with van der Waals surface area (Å²) in [6.07, 6.45) is 1.54. The molecular weight excluding hydrogens is 430 g/mol. The number of thioether (sulfide) groups is 1. The molecule has 154 valence electrons. The van der Waals surface area contributed by atoms with Gasteiger partial charge >= 0.3 is 0 Å². The molecule has 1 saturated heterocycles. The van der Waals surface area contributed by atoms with Crippen LogP contribution in [0.25, 0.3) is 6.08 Å². The molecule has 0 aromatic heterocycles. The number of benzene rings is 2. The number of phenols is 1. The number of hydrogen-bond acceptors (Lipinski definition) is 8. The van der Waals surface area contributed by atoms with E-state index in [9.17, 15) is 24.8 Å². The van der Waals surface area contributed by atoms with Crippen LogP contribution in [0.3, 0.4) is 0 Å². The second-order valence-corrected chi connectivity index (χ2v) is 7.57. The van der Waals surface area contributed by atoms with Gasteiger partial charge in [-0.25, -0.2) is 0 Å². The molecule has 2 aromatic carbocycles. The van der Waals surface area contributed by atoms with Crippen molar-refractivity contribution in [3.63, 3.8) is 0 Å². The molecule has 1 fully saturated rings. The average Bonchev–Trinajstić information content (AvgIpc) is 2.98. The number of nitro groups is 1. The Labute approximate surface area is 180 Å². The van der Waals surface area contributed by atoms with Crippen molar-refractivity contribution >= 4 is 51.9 Å². The molecule has 11 heteroatoms. The molecule has 0 saturated carbocycles. The van der Waals surface area contributed by atoms with Crippen LogP contribution in [-0.4, -0.2) is 37.8 Å². The van der Waals surface area contributed by atoms with Crippen LogP contribution in [0.5, 0.6) is 11.5 Å². The van der Waals surface area contributed by atoms with Gasteiger partial charge in [0.1, 0.15) is 5.56 Å². The van der Waals surface area contributed by atoms with E-state index in [4.69, 9.17) is 17.0 Å². The van der Waals surface area contributed by atoms with Gasteiger partial charge in [-0.2, -0.15) is 5.01 Å². The van der Waals surface area contributed by atoms with Crippen molar-refractivity contribution < 1.29 is 24.4 Å². The van der Waals surface area contributed by atoms with Crippen LogP contribution in [0.4, 0.5) is 5.69 Å². The summed E-state index contributed by atoms with van der Waals surface area (Å²) in [5, 5.41) is 21.8. The highest BCUT2D eigenvalue weighted by atomic mass is 32.2. The summed E-state index contributed by atoms with van der Waals surface area (Å²) >= 11 is 6.13. The molecule has 30 heavy (non-hydrogen) atoms. The monoisotopic (exact) mass is 445 g/mol. The van der Waals surface area contributed by atoms with Crippen LogP contribution in [0.15, 0.2) is 47.4 Å². The molecule has 1 aliphatic heterocycles. The molecule has 2 amide bonds. The van der Waals surface area contributed by atoms with Crippen molar-refractivity contribution in [2.24, 2.45) is 0 Å². The zero-order chi connectivity index (χ0) is 21.8. The molecule has 1 heterocycles. The summed E-state index contributed by atoms with van der Waals surface area (Å²) < 4.78 is 5.40. The predicted octanol–water partition coefficient (Wildman–Crippen LogP) is 3.25. The quantitative estimate of drug-likeness (QED) is 0.301. The highest BCUT2D eigenvalue weighted by Crippen LogP contribution is 2.34. The number of nitro benzene ring substituents is 1. The Hall–Kier alpha value is -3.44. The zero-order valence-corrected chi connectivity index (χ0v) is 17.2. The summed E-state index contributed by atoms with van der Waals surface area (Å²) in [5.41, 5.74) is 2.32. The predicted molar refractivity (Wildman–Crippen MR) is 115 cm³/mol. The second kappa shape index (κ2) is 8.93. The van der Waals surface area contributed by atoms with Crippen LogP contribution in [0, 0.1) is 10.1 Å². The van der Waals surface area contributed by atoms with E-state index in [1.807, 2.05) is 0 Å². The SMILES string of the molecule is CCOc1cc(C=C2SC(=S)N(NC(=O)c3ccccc3[N+](=O)[O-])C2=O)ccc1O. The van der Waals surface area contributed by atoms with Gasteiger partial charge < -0.3 is 9.84 Å². The van der Waals surface area contributed by atoms with Crippen LogP contribution < -0.4 is 10.2 Å². The Bertz CT molecular complexity index is 1090. The summed E-state index contributed by atoms with van der Waals surface area (Å²) in [5.74, 6) is -1.17. The van der Waals surface area contributed by atoms with E-state index in [1.165, 1.54) is 30.3 Å². The number of carbonyl (C=O) groups is 2. The van der Waals surface area contributed by atoms with Crippen molar-refractivity contribution in [2.75, 3.05) is 6.61 Å². The van der Waals surface area contributed by atoms with E-state index < -0.39 is 16.7 Å². The van der Waals surface area contributed by atoms with Crippen molar-refractivity contribution in [2.45, 2.75) is 6.92 Å². The van der Waals surface area contributed by atoms with Gasteiger partial charge in [0, 0.05) is 6.07 Å². The van der Waals surface area contributed by atoms with Gasteiger partial charge in [0.15, 0.2) is 15.8 Å². The number of hydrazine groups is 1.